The van der Waals surface area contributed by atoms with Crippen LogP contribution in [0.15, 0.2) is 54.6 Å². The summed E-state index contributed by atoms with van der Waals surface area (Å²) >= 11 is 0. The van der Waals surface area contributed by atoms with Crippen LogP contribution in [0.5, 0.6) is 0 Å². The lowest BCUT2D eigenvalue weighted by Crippen LogP contribution is -2.27. The van der Waals surface area contributed by atoms with Crippen LogP contribution in [0, 0.1) is 0 Å². The summed E-state index contributed by atoms with van der Waals surface area (Å²) in [6.45, 7) is 1.55. The van der Waals surface area contributed by atoms with Gasteiger partial charge in [-0.2, -0.15) is 0 Å². The topological polar surface area (TPSA) is 20.3 Å². The molecule has 0 spiro atoms. The largest absolute Gasteiger partial charge is 0.335 e. The summed E-state index contributed by atoms with van der Waals surface area (Å²) in [5.74, 6) is 0.135. The molecule has 0 radical (unpaired) electrons. The molecule has 2 heteroatoms. The van der Waals surface area contributed by atoms with Crippen molar-refractivity contribution in [2.24, 2.45) is 0 Å². The molecule has 1 aliphatic rings. The van der Waals surface area contributed by atoms with Crippen LogP contribution < -0.4 is 0 Å². The van der Waals surface area contributed by atoms with Gasteiger partial charge < -0.3 is 4.90 Å². The van der Waals surface area contributed by atoms with Crippen molar-refractivity contribution in [3.8, 4) is 0 Å². The van der Waals surface area contributed by atoms with Crippen LogP contribution in [0.3, 0.4) is 0 Å². The molecule has 90 valence electrons. The zero-order valence-electron chi connectivity index (χ0n) is 10.2. The summed E-state index contributed by atoms with van der Waals surface area (Å²) in [5.41, 5.74) is 1.29. The van der Waals surface area contributed by atoms with Crippen molar-refractivity contribution in [2.75, 3.05) is 13.1 Å². The van der Waals surface area contributed by atoms with Crippen LogP contribution in [0.25, 0.3) is 10.8 Å². The minimum Gasteiger partial charge on any atom is -0.335 e. The molecule has 2 aromatic rings. The Morgan fingerprint density at radius 1 is 1.06 bits per heavy atom. The van der Waals surface area contributed by atoms with E-state index in [4.69, 9.17) is 0 Å². The van der Waals surface area contributed by atoms with E-state index in [9.17, 15) is 4.79 Å². The molecule has 2 nitrogen and oxygen atoms in total. The molecule has 18 heavy (non-hydrogen) atoms. The fourth-order valence-electron chi connectivity index (χ4n) is 2.34. The zero-order valence-corrected chi connectivity index (χ0v) is 10.2. The molecule has 0 unspecified atom stereocenters. The molecule has 1 aliphatic heterocycles. The van der Waals surface area contributed by atoms with Gasteiger partial charge >= 0.3 is 0 Å². The third kappa shape index (κ3) is 2.14. The fraction of sp³-hybridized carbons (Fsp3) is 0.188. The van der Waals surface area contributed by atoms with E-state index in [2.05, 4.69) is 42.5 Å². The fourth-order valence-corrected chi connectivity index (χ4v) is 2.34. The van der Waals surface area contributed by atoms with Crippen LogP contribution >= 0.6 is 0 Å². The minimum absolute atomic E-state index is 0.135. The highest BCUT2D eigenvalue weighted by atomic mass is 16.2. The van der Waals surface area contributed by atoms with Crippen molar-refractivity contribution >= 4 is 16.7 Å². The number of amides is 1. The third-order valence-electron chi connectivity index (χ3n) is 3.38. The average Bonchev–Trinajstić information content (AvgIpc) is 2.82. The molecular weight excluding hydrogens is 222 g/mol. The molecular formula is C16H15NO. The van der Waals surface area contributed by atoms with E-state index in [0.29, 0.717) is 0 Å². The number of benzene rings is 2. The molecule has 1 heterocycles. The second-order valence-electron chi connectivity index (χ2n) is 4.62. The molecule has 0 atom stereocenters. The number of carbonyl (C=O) groups excluding carboxylic acids is 1. The van der Waals surface area contributed by atoms with Crippen LogP contribution in [0.4, 0.5) is 0 Å². The minimum atomic E-state index is 0.135. The van der Waals surface area contributed by atoms with Gasteiger partial charge in [-0.3, -0.25) is 4.79 Å². The van der Waals surface area contributed by atoms with Gasteiger partial charge in [-0.15, -0.1) is 0 Å². The van der Waals surface area contributed by atoms with E-state index < -0.39 is 0 Å². The maximum atomic E-state index is 11.4. The van der Waals surface area contributed by atoms with Gasteiger partial charge in [-0.05, 0) is 22.8 Å². The molecule has 0 saturated heterocycles. The van der Waals surface area contributed by atoms with Gasteiger partial charge in [-0.1, -0.05) is 48.5 Å². The normalized spacial score (nSPS) is 14.7. The summed E-state index contributed by atoms with van der Waals surface area (Å²) in [6, 6.07) is 14.9. The molecule has 2 aromatic carbocycles. The van der Waals surface area contributed by atoms with Crippen LogP contribution in [0.2, 0.25) is 0 Å². The van der Waals surface area contributed by atoms with E-state index in [0.717, 1.165) is 19.5 Å². The maximum Gasteiger partial charge on any atom is 0.246 e. The molecule has 1 amide bonds. The standard InChI is InChI=1S/C16H15NO/c18-16-6-3-10-17(16)11-9-13-7-8-14-4-1-2-5-15(14)12-13/h1-8,12H,9-11H2. The first kappa shape index (κ1) is 11.0. The molecule has 0 saturated carbocycles. The lowest BCUT2D eigenvalue weighted by Gasteiger charge is -2.15. The molecule has 0 aliphatic carbocycles. The van der Waals surface area contributed by atoms with E-state index in [1.807, 2.05) is 11.0 Å². The molecule has 0 bridgehead atoms. The summed E-state index contributed by atoms with van der Waals surface area (Å²) in [6.07, 6.45) is 4.49. The molecule has 0 fully saturated rings. The Morgan fingerprint density at radius 3 is 2.67 bits per heavy atom. The number of hydrogen-bond acceptors (Lipinski definition) is 1. The van der Waals surface area contributed by atoms with Crippen molar-refractivity contribution in [1.82, 2.24) is 4.90 Å². The number of carbonyl (C=O) groups is 1. The Kier molecular flexibility index (Phi) is 2.85. The number of rotatable bonds is 3. The predicted octanol–water partition coefficient (Wildman–Crippen LogP) is 2.78. The molecule has 0 N–H and O–H groups in total. The average molecular weight is 237 g/mol. The first-order valence-corrected chi connectivity index (χ1v) is 6.26. The van der Waals surface area contributed by atoms with E-state index in [1.165, 1.54) is 16.3 Å². The van der Waals surface area contributed by atoms with Gasteiger partial charge in [0.05, 0.1) is 0 Å². The van der Waals surface area contributed by atoms with E-state index in [1.54, 1.807) is 6.08 Å². The Bertz CT molecular complexity index is 615. The lowest BCUT2D eigenvalue weighted by atomic mass is 10.1. The van der Waals surface area contributed by atoms with Crippen molar-refractivity contribution < 1.29 is 4.79 Å². The van der Waals surface area contributed by atoms with Crippen molar-refractivity contribution in [1.29, 1.82) is 0 Å². The predicted molar refractivity (Wildman–Crippen MR) is 73.4 cm³/mol. The van der Waals surface area contributed by atoms with Crippen LogP contribution in [-0.4, -0.2) is 23.9 Å². The number of fused-ring (bicyclic) bond motifs is 1. The van der Waals surface area contributed by atoms with Gasteiger partial charge in [0, 0.05) is 19.2 Å². The number of hydrogen-bond donors (Lipinski definition) is 0. The second kappa shape index (κ2) is 4.65. The summed E-state index contributed by atoms with van der Waals surface area (Å²) in [7, 11) is 0. The van der Waals surface area contributed by atoms with Crippen molar-refractivity contribution in [2.45, 2.75) is 6.42 Å². The van der Waals surface area contributed by atoms with Gasteiger partial charge in [0.2, 0.25) is 5.91 Å². The highest BCUT2D eigenvalue weighted by molar-refractivity contribution is 5.90. The lowest BCUT2D eigenvalue weighted by molar-refractivity contribution is -0.124. The SMILES string of the molecule is O=C1C=CCN1CCc1ccc2ccccc2c1. The summed E-state index contributed by atoms with van der Waals surface area (Å²) < 4.78 is 0. The smallest absolute Gasteiger partial charge is 0.246 e. The van der Waals surface area contributed by atoms with Gasteiger partial charge in [0.15, 0.2) is 0 Å². The van der Waals surface area contributed by atoms with E-state index in [-0.39, 0.29) is 5.91 Å². The quantitative estimate of drug-likeness (QED) is 0.803. The highest BCUT2D eigenvalue weighted by Crippen LogP contribution is 2.16. The monoisotopic (exact) mass is 237 g/mol. The number of nitrogens with zero attached hydrogens (tertiary/aromatic N) is 1. The van der Waals surface area contributed by atoms with Gasteiger partial charge in [-0.25, -0.2) is 0 Å². The first-order valence-electron chi connectivity index (χ1n) is 6.26. The molecule has 3 rings (SSSR count). The van der Waals surface area contributed by atoms with Crippen molar-refractivity contribution in [3.05, 3.63) is 60.2 Å². The van der Waals surface area contributed by atoms with Gasteiger partial charge in [0.1, 0.15) is 0 Å². The Hall–Kier alpha value is -2.09. The van der Waals surface area contributed by atoms with Crippen LogP contribution in [-0.2, 0) is 11.2 Å². The zero-order chi connectivity index (χ0) is 12.4. The Morgan fingerprint density at radius 2 is 1.89 bits per heavy atom. The summed E-state index contributed by atoms with van der Waals surface area (Å²) in [5, 5.41) is 2.53. The first-order chi connectivity index (χ1) is 8.83. The van der Waals surface area contributed by atoms with Gasteiger partial charge in [0.25, 0.3) is 0 Å². The summed E-state index contributed by atoms with van der Waals surface area (Å²) in [4.78, 5) is 13.3. The highest BCUT2D eigenvalue weighted by Gasteiger charge is 2.13. The second-order valence-corrected chi connectivity index (χ2v) is 4.62. The van der Waals surface area contributed by atoms with Crippen molar-refractivity contribution in [3.63, 3.8) is 0 Å². The Balaban J connectivity index is 1.73. The van der Waals surface area contributed by atoms with Crippen LogP contribution in [0.1, 0.15) is 5.56 Å². The Labute approximate surface area is 107 Å². The van der Waals surface area contributed by atoms with E-state index >= 15 is 0 Å². The molecule has 0 aromatic heterocycles. The maximum absolute atomic E-state index is 11.4. The third-order valence-corrected chi connectivity index (χ3v) is 3.38.